The predicted octanol–water partition coefficient (Wildman–Crippen LogP) is 2.09. The van der Waals surface area contributed by atoms with E-state index >= 15 is 0 Å². The quantitative estimate of drug-likeness (QED) is 0.386. The number of hydrogen-bond donors (Lipinski definition) is 1. The minimum absolute atomic E-state index is 0.0413. The molecule has 11 heteroatoms. The van der Waals surface area contributed by atoms with E-state index in [-0.39, 0.29) is 11.4 Å². The van der Waals surface area contributed by atoms with Gasteiger partial charge in [-0.15, -0.1) is 0 Å². The fourth-order valence-electron chi connectivity index (χ4n) is 1.07. The van der Waals surface area contributed by atoms with Crippen LogP contribution in [-0.2, 0) is 19.0 Å². The molecule has 112 valence electrons. The maximum Gasteiger partial charge on any atom is 0.534 e. The number of nitrogens with zero attached hydrogens (tertiary/aromatic N) is 1. The van der Waals surface area contributed by atoms with Crippen molar-refractivity contribution in [3.05, 3.63) is 30.2 Å². The molecule has 1 atom stereocenters. The van der Waals surface area contributed by atoms with Crippen molar-refractivity contribution in [1.29, 1.82) is 0 Å². The summed E-state index contributed by atoms with van der Waals surface area (Å²) < 4.78 is 67.4. The largest absolute Gasteiger partial charge is 0.534 e. The summed E-state index contributed by atoms with van der Waals surface area (Å²) >= 11 is 0. The number of nitrogens with one attached hydrogen (secondary N) is 1. The summed E-state index contributed by atoms with van der Waals surface area (Å²) in [6.45, 7) is 0. The molecule has 0 aliphatic carbocycles. The first-order valence-electron chi connectivity index (χ1n) is 4.88. The molecule has 1 heterocycles. The number of anilines is 1. The van der Waals surface area contributed by atoms with Gasteiger partial charge in [0.25, 0.3) is 0 Å². The molecule has 1 aromatic heterocycles. The third-order valence-corrected chi connectivity index (χ3v) is 3.16. The molecule has 1 N–H and O–H groups in total. The van der Waals surface area contributed by atoms with Crippen LogP contribution in [-0.4, -0.2) is 26.0 Å². The first kappa shape index (κ1) is 16.5. The minimum Gasteiger partial charge on any atom is -0.500 e. The van der Waals surface area contributed by atoms with Crippen LogP contribution in [0.25, 0.3) is 5.76 Å². The number of hydrogen-bond acceptors (Lipinski definition) is 6. The van der Waals surface area contributed by atoms with Crippen molar-refractivity contribution in [2.45, 2.75) is 5.51 Å². The molecule has 6 nitrogen and oxygen atoms in total. The summed E-state index contributed by atoms with van der Waals surface area (Å²) in [5, 5.41) is 2.57. The van der Waals surface area contributed by atoms with Crippen molar-refractivity contribution in [3.8, 4) is 0 Å². The van der Waals surface area contributed by atoms with Gasteiger partial charge in [0.05, 0.1) is 7.11 Å². The number of aromatic nitrogens is 1. The topological polar surface area (TPSA) is 77.5 Å². The molecule has 0 spiro atoms. The molecule has 0 amide bonds. The Morgan fingerprint density at radius 1 is 1.50 bits per heavy atom. The van der Waals surface area contributed by atoms with E-state index in [1.165, 1.54) is 18.3 Å². The molecule has 0 aromatic carbocycles. The third-order valence-electron chi connectivity index (χ3n) is 1.90. The van der Waals surface area contributed by atoms with Crippen LogP contribution in [0.2, 0.25) is 0 Å². The first-order valence-corrected chi connectivity index (χ1v) is 6.86. The van der Waals surface area contributed by atoms with Gasteiger partial charge >= 0.3 is 15.6 Å². The van der Waals surface area contributed by atoms with Crippen LogP contribution in [0.1, 0.15) is 5.56 Å². The number of alkyl halides is 3. The lowest BCUT2D eigenvalue weighted by molar-refractivity contribution is -0.0510. The van der Waals surface area contributed by atoms with Gasteiger partial charge in [0.1, 0.15) is 12.1 Å². The van der Waals surface area contributed by atoms with E-state index in [1.807, 2.05) is 0 Å². The summed E-state index contributed by atoms with van der Waals surface area (Å²) in [6, 6.07) is 2.55. The van der Waals surface area contributed by atoms with Gasteiger partial charge in [-0.1, -0.05) is 0 Å². The second-order valence-electron chi connectivity index (χ2n) is 3.28. The van der Waals surface area contributed by atoms with Gasteiger partial charge in [-0.3, -0.25) is 0 Å². The molecule has 0 radical (unpaired) electrons. The summed E-state index contributed by atoms with van der Waals surface area (Å²) in [4.78, 5) is 3.82. The second kappa shape index (κ2) is 6.27. The van der Waals surface area contributed by atoms with Crippen LogP contribution in [0.4, 0.5) is 19.0 Å². The van der Waals surface area contributed by atoms with Gasteiger partial charge in [-0.05, 0) is 21.5 Å². The van der Waals surface area contributed by atoms with E-state index in [9.17, 15) is 21.6 Å². The molecular weight excluding hydrogens is 320 g/mol. The fourth-order valence-corrected chi connectivity index (χ4v) is 1.70. The molecule has 0 fully saturated rings. The zero-order valence-electron chi connectivity index (χ0n) is 10.0. The zero-order valence-corrected chi connectivity index (χ0v) is 12.0. The van der Waals surface area contributed by atoms with Crippen molar-refractivity contribution < 1.29 is 30.5 Å². The fraction of sp³-hybridized carbons (Fsp3) is 0.222. The van der Waals surface area contributed by atoms with Crippen molar-refractivity contribution in [2.75, 3.05) is 12.2 Å². The lowest BCUT2D eigenvalue weighted by Crippen LogP contribution is -2.25. The highest BCUT2D eigenvalue weighted by atomic mass is 32.2. The average molecular weight is 330 g/mol. The minimum atomic E-state index is -5.78. The van der Waals surface area contributed by atoms with E-state index in [2.05, 4.69) is 28.4 Å². The standard InChI is InChI=1S/C9H10F3N2O4PS/c1-17-5-7(18-20(15,16)9(10,11)12)6-2-3-13-8(4-6)14-19/h2-5H,19H2,1H3,(H,13,14)/b7-5+. The molecule has 0 bridgehead atoms. The Morgan fingerprint density at radius 3 is 2.65 bits per heavy atom. The van der Waals surface area contributed by atoms with Crippen molar-refractivity contribution in [1.82, 2.24) is 4.98 Å². The zero-order chi connectivity index (χ0) is 15.4. The van der Waals surface area contributed by atoms with Crippen LogP contribution in [0.5, 0.6) is 0 Å². The SMILES string of the molecule is CO/C=C(/OS(=O)(=O)C(F)(F)F)c1ccnc(NP)c1. The molecule has 1 rings (SSSR count). The van der Waals surface area contributed by atoms with E-state index in [0.29, 0.717) is 0 Å². The number of ether oxygens (including phenoxy) is 1. The van der Waals surface area contributed by atoms with Gasteiger partial charge in [0.2, 0.25) is 0 Å². The monoisotopic (exact) mass is 330 g/mol. The summed E-state index contributed by atoms with van der Waals surface area (Å²) in [5.74, 6) is -0.337. The lowest BCUT2D eigenvalue weighted by Gasteiger charge is -2.12. The van der Waals surface area contributed by atoms with Gasteiger partial charge in [0, 0.05) is 11.8 Å². The Morgan fingerprint density at radius 2 is 2.15 bits per heavy atom. The van der Waals surface area contributed by atoms with Gasteiger partial charge < -0.3 is 14.0 Å². The molecule has 0 aliphatic rings. The van der Waals surface area contributed by atoms with E-state index < -0.39 is 21.4 Å². The molecule has 1 unspecified atom stereocenters. The van der Waals surface area contributed by atoms with E-state index in [0.717, 1.165) is 13.4 Å². The van der Waals surface area contributed by atoms with Crippen molar-refractivity contribution in [2.24, 2.45) is 0 Å². The van der Waals surface area contributed by atoms with Crippen LogP contribution >= 0.6 is 9.39 Å². The number of methoxy groups -OCH3 is 1. The van der Waals surface area contributed by atoms with Crippen LogP contribution in [0, 0.1) is 0 Å². The summed E-state index contributed by atoms with van der Waals surface area (Å²) in [7, 11) is -2.51. The maximum absolute atomic E-state index is 12.3. The van der Waals surface area contributed by atoms with Gasteiger partial charge in [-0.2, -0.15) is 21.6 Å². The van der Waals surface area contributed by atoms with Crippen LogP contribution in [0.15, 0.2) is 24.6 Å². The highest BCUT2D eigenvalue weighted by molar-refractivity contribution is 7.87. The molecule has 0 saturated carbocycles. The Bertz CT molecular complexity index is 603. The lowest BCUT2D eigenvalue weighted by atomic mass is 10.2. The molecular formula is C9H10F3N2O4PS. The van der Waals surface area contributed by atoms with Crippen LogP contribution < -0.4 is 5.09 Å². The molecule has 0 saturated heterocycles. The van der Waals surface area contributed by atoms with Crippen molar-refractivity contribution >= 4 is 31.1 Å². The third kappa shape index (κ3) is 3.97. The van der Waals surface area contributed by atoms with E-state index in [1.54, 1.807) is 0 Å². The Kier molecular flexibility index (Phi) is 5.18. The summed E-state index contributed by atoms with van der Waals surface area (Å²) in [5.41, 5.74) is -5.49. The van der Waals surface area contributed by atoms with Crippen LogP contribution in [0.3, 0.4) is 0 Å². The smallest absolute Gasteiger partial charge is 0.500 e. The maximum atomic E-state index is 12.3. The van der Waals surface area contributed by atoms with Gasteiger partial charge in [-0.25, -0.2) is 4.98 Å². The number of pyridine rings is 1. The Balaban J connectivity index is 3.17. The molecule has 0 aliphatic heterocycles. The normalized spacial score (nSPS) is 12.9. The number of halogens is 3. The molecule has 1 aromatic rings. The predicted molar refractivity (Wildman–Crippen MR) is 68.6 cm³/mol. The summed E-state index contributed by atoms with van der Waals surface area (Å²) in [6.07, 6.45) is 2.00. The Hall–Kier alpha value is -1.54. The first-order chi connectivity index (χ1) is 9.21. The second-order valence-corrected chi connectivity index (χ2v) is 5.10. The Labute approximate surface area is 115 Å². The number of rotatable bonds is 5. The highest BCUT2D eigenvalue weighted by Crippen LogP contribution is 2.30. The van der Waals surface area contributed by atoms with Gasteiger partial charge in [0.15, 0.2) is 5.76 Å². The van der Waals surface area contributed by atoms with E-state index in [4.69, 9.17) is 0 Å². The average Bonchev–Trinajstić information content (AvgIpc) is 2.37. The molecule has 20 heavy (non-hydrogen) atoms. The highest BCUT2D eigenvalue weighted by Gasteiger charge is 2.49. The van der Waals surface area contributed by atoms with Crippen molar-refractivity contribution in [3.63, 3.8) is 0 Å².